The molecular weight excluding hydrogens is 276 g/mol. The minimum atomic E-state index is -0.505. The summed E-state index contributed by atoms with van der Waals surface area (Å²) >= 11 is 0. The van der Waals surface area contributed by atoms with E-state index in [4.69, 9.17) is 4.74 Å². The van der Waals surface area contributed by atoms with E-state index in [1.807, 2.05) is 4.90 Å². The summed E-state index contributed by atoms with van der Waals surface area (Å²) in [5, 5.41) is 11.2. The molecule has 1 heterocycles. The number of anilines is 1. The third-order valence-corrected chi connectivity index (χ3v) is 3.16. The zero-order valence-electron chi connectivity index (χ0n) is 11.7. The van der Waals surface area contributed by atoms with Crippen LogP contribution in [-0.4, -0.2) is 44.3 Å². The molecule has 2 rings (SSSR count). The van der Waals surface area contributed by atoms with Crippen LogP contribution in [0.5, 0.6) is 0 Å². The van der Waals surface area contributed by atoms with Gasteiger partial charge < -0.3 is 14.4 Å². The molecule has 1 aliphatic heterocycles. The summed E-state index contributed by atoms with van der Waals surface area (Å²) in [6.45, 7) is 2.36. The Hall–Kier alpha value is -2.41. The van der Waals surface area contributed by atoms with E-state index in [0.717, 1.165) is 0 Å². The third kappa shape index (κ3) is 3.79. The Labute approximate surface area is 121 Å². The standard InChI is InChI=1S/C14H16N2O5/c1-20-14(17)5-3-11-2-4-12(13(10-11)16(18)19)15-6-8-21-9-7-15/h2-5,10H,6-9H2,1H3/b5-3-. The van der Waals surface area contributed by atoms with Gasteiger partial charge in [-0.25, -0.2) is 4.79 Å². The molecule has 1 aromatic rings. The number of nitro benzene ring substituents is 1. The molecule has 0 aromatic heterocycles. The van der Waals surface area contributed by atoms with Gasteiger partial charge in [0.05, 0.1) is 25.2 Å². The number of carbonyl (C=O) groups is 1. The van der Waals surface area contributed by atoms with Crippen LogP contribution in [0.4, 0.5) is 11.4 Å². The Bertz CT molecular complexity index is 564. The summed E-state index contributed by atoms with van der Waals surface area (Å²) in [5.41, 5.74) is 1.16. The number of nitro groups is 1. The molecule has 112 valence electrons. The van der Waals surface area contributed by atoms with Crippen molar-refractivity contribution < 1.29 is 19.2 Å². The van der Waals surface area contributed by atoms with Crippen molar-refractivity contribution in [3.05, 3.63) is 40.0 Å². The van der Waals surface area contributed by atoms with Gasteiger partial charge in [-0.05, 0) is 17.7 Å². The van der Waals surface area contributed by atoms with Crippen LogP contribution in [-0.2, 0) is 14.3 Å². The van der Waals surface area contributed by atoms with Crippen LogP contribution in [0.25, 0.3) is 6.08 Å². The van der Waals surface area contributed by atoms with E-state index in [2.05, 4.69) is 4.74 Å². The number of hydrogen-bond donors (Lipinski definition) is 0. The Morgan fingerprint density at radius 2 is 2.14 bits per heavy atom. The molecule has 7 heteroatoms. The Morgan fingerprint density at radius 3 is 2.76 bits per heavy atom. The van der Waals surface area contributed by atoms with Crippen molar-refractivity contribution in [1.29, 1.82) is 0 Å². The third-order valence-electron chi connectivity index (χ3n) is 3.16. The van der Waals surface area contributed by atoms with E-state index in [1.165, 1.54) is 25.3 Å². The summed E-state index contributed by atoms with van der Waals surface area (Å²) in [6.07, 6.45) is 2.72. The SMILES string of the molecule is COC(=O)/C=C\c1ccc(N2CCOCC2)c([N+](=O)[O-])c1. The van der Waals surface area contributed by atoms with Gasteiger partial charge in [0.1, 0.15) is 5.69 Å². The van der Waals surface area contributed by atoms with Gasteiger partial charge in [0, 0.05) is 25.2 Å². The first kappa shape index (κ1) is 15.0. The van der Waals surface area contributed by atoms with E-state index in [1.54, 1.807) is 12.1 Å². The topological polar surface area (TPSA) is 81.9 Å². The molecule has 1 fully saturated rings. The second-order valence-electron chi connectivity index (χ2n) is 4.46. The molecule has 0 spiro atoms. The van der Waals surface area contributed by atoms with Crippen molar-refractivity contribution >= 4 is 23.4 Å². The van der Waals surface area contributed by atoms with Crippen LogP contribution in [0, 0.1) is 10.1 Å². The van der Waals surface area contributed by atoms with Crippen LogP contribution in [0.2, 0.25) is 0 Å². The minimum Gasteiger partial charge on any atom is -0.466 e. The Morgan fingerprint density at radius 1 is 1.43 bits per heavy atom. The lowest BCUT2D eigenvalue weighted by atomic mass is 10.1. The fourth-order valence-electron chi connectivity index (χ4n) is 2.09. The molecule has 1 saturated heterocycles. The average molecular weight is 292 g/mol. The summed E-state index contributed by atoms with van der Waals surface area (Å²) in [7, 11) is 1.27. The highest BCUT2D eigenvalue weighted by molar-refractivity contribution is 5.87. The molecule has 0 N–H and O–H groups in total. The first-order chi connectivity index (χ1) is 10.1. The van der Waals surface area contributed by atoms with Crippen molar-refractivity contribution in [2.24, 2.45) is 0 Å². The Balaban J connectivity index is 2.28. The number of benzene rings is 1. The van der Waals surface area contributed by atoms with Gasteiger partial charge in [0.25, 0.3) is 5.69 Å². The first-order valence-corrected chi connectivity index (χ1v) is 6.49. The molecule has 1 aromatic carbocycles. The van der Waals surface area contributed by atoms with E-state index >= 15 is 0 Å². The molecule has 0 aliphatic carbocycles. The number of esters is 1. The molecule has 0 bridgehead atoms. The molecule has 7 nitrogen and oxygen atoms in total. The molecule has 0 saturated carbocycles. The second-order valence-corrected chi connectivity index (χ2v) is 4.46. The molecule has 0 radical (unpaired) electrons. The summed E-state index contributed by atoms with van der Waals surface area (Å²) in [4.78, 5) is 23.8. The van der Waals surface area contributed by atoms with Crippen molar-refractivity contribution in [3.63, 3.8) is 0 Å². The predicted molar refractivity (Wildman–Crippen MR) is 77.2 cm³/mol. The largest absolute Gasteiger partial charge is 0.466 e. The van der Waals surface area contributed by atoms with Gasteiger partial charge >= 0.3 is 5.97 Å². The van der Waals surface area contributed by atoms with Gasteiger partial charge in [-0.2, -0.15) is 0 Å². The first-order valence-electron chi connectivity index (χ1n) is 6.49. The number of morpholine rings is 1. The van der Waals surface area contributed by atoms with Crippen LogP contribution >= 0.6 is 0 Å². The maximum Gasteiger partial charge on any atom is 0.330 e. The monoisotopic (exact) mass is 292 g/mol. The Kier molecular flexibility index (Phi) is 4.89. The minimum absolute atomic E-state index is 0.0175. The van der Waals surface area contributed by atoms with Crippen LogP contribution in [0.3, 0.4) is 0 Å². The average Bonchev–Trinajstić information content (AvgIpc) is 2.53. The van der Waals surface area contributed by atoms with Crippen molar-refractivity contribution in [2.45, 2.75) is 0 Å². The number of methoxy groups -OCH3 is 1. The quantitative estimate of drug-likeness (QED) is 0.363. The van der Waals surface area contributed by atoms with E-state index in [0.29, 0.717) is 37.6 Å². The van der Waals surface area contributed by atoms with Crippen molar-refractivity contribution in [1.82, 2.24) is 0 Å². The van der Waals surface area contributed by atoms with E-state index < -0.39 is 10.9 Å². The zero-order valence-corrected chi connectivity index (χ0v) is 11.7. The summed E-state index contributed by atoms with van der Waals surface area (Å²) in [5.74, 6) is -0.505. The highest BCUT2D eigenvalue weighted by atomic mass is 16.6. The normalized spacial score (nSPS) is 15.2. The van der Waals surface area contributed by atoms with E-state index in [-0.39, 0.29) is 5.69 Å². The number of carbonyl (C=O) groups excluding carboxylic acids is 1. The lowest BCUT2D eigenvalue weighted by molar-refractivity contribution is -0.384. The lowest BCUT2D eigenvalue weighted by Gasteiger charge is -2.28. The summed E-state index contributed by atoms with van der Waals surface area (Å²) < 4.78 is 9.74. The van der Waals surface area contributed by atoms with Gasteiger partial charge in [-0.15, -0.1) is 0 Å². The molecule has 0 unspecified atom stereocenters. The molecule has 1 aliphatic rings. The smallest absolute Gasteiger partial charge is 0.330 e. The number of rotatable bonds is 4. The molecule has 0 atom stereocenters. The number of hydrogen-bond acceptors (Lipinski definition) is 6. The molecular formula is C14H16N2O5. The van der Waals surface area contributed by atoms with Gasteiger partial charge in [-0.1, -0.05) is 6.07 Å². The van der Waals surface area contributed by atoms with Gasteiger partial charge in [0.15, 0.2) is 0 Å². The van der Waals surface area contributed by atoms with E-state index in [9.17, 15) is 14.9 Å². The predicted octanol–water partition coefficient (Wildman–Crippen LogP) is 1.62. The zero-order chi connectivity index (χ0) is 15.2. The fourth-order valence-corrected chi connectivity index (χ4v) is 2.09. The van der Waals surface area contributed by atoms with Crippen LogP contribution < -0.4 is 4.90 Å². The molecule has 0 amide bonds. The van der Waals surface area contributed by atoms with Crippen molar-refractivity contribution in [3.8, 4) is 0 Å². The van der Waals surface area contributed by atoms with Crippen molar-refractivity contribution in [2.75, 3.05) is 38.3 Å². The number of nitrogens with zero attached hydrogens (tertiary/aromatic N) is 2. The van der Waals surface area contributed by atoms with Crippen LogP contribution in [0.15, 0.2) is 24.3 Å². The van der Waals surface area contributed by atoms with Gasteiger partial charge in [-0.3, -0.25) is 10.1 Å². The fraction of sp³-hybridized carbons (Fsp3) is 0.357. The van der Waals surface area contributed by atoms with Gasteiger partial charge in [0.2, 0.25) is 0 Å². The maximum absolute atomic E-state index is 11.2. The molecule has 21 heavy (non-hydrogen) atoms. The lowest BCUT2D eigenvalue weighted by Crippen LogP contribution is -2.36. The number of ether oxygens (including phenoxy) is 2. The highest BCUT2D eigenvalue weighted by Gasteiger charge is 2.21. The van der Waals surface area contributed by atoms with Crippen LogP contribution in [0.1, 0.15) is 5.56 Å². The summed E-state index contributed by atoms with van der Waals surface area (Å²) in [6, 6.07) is 4.88. The highest BCUT2D eigenvalue weighted by Crippen LogP contribution is 2.30. The maximum atomic E-state index is 11.2. The second kappa shape index (κ2) is 6.85.